The third kappa shape index (κ3) is 2.47. The Labute approximate surface area is 111 Å². The van der Waals surface area contributed by atoms with E-state index in [9.17, 15) is 5.11 Å². The summed E-state index contributed by atoms with van der Waals surface area (Å²) in [5.74, 6) is 0.818. The lowest BCUT2D eigenvalue weighted by molar-refractivity contribution is 0.0456. The number of thiophene rings is 1. The molecular formula is C13H19N3OS. The lowest BCUT2D eigenvalue weighted by Crippen LogP contribution is -2.35. The first-order valence-corrected chi connectivity index (χ1v) is 7.12. The van der Waals surface area contributed by atoms with E-state index in [1.165, 1.54) is 5.56 Å². The molecule has 0 bridgehead atoms. The third-order valence-corrected chi connectivity index (χ3v) is 4.53. The maximum absolute atomic E-state index is 10.3. The molecule has 2 aromatic heterocycles. The number of nitrogens with zero attached hydrogens (tertiary/aromatic N) is 2. The van der Waals surface area contributed by atoms with E-state index >= 15 is 0 Å². The van der Waals surface area contributed by atoms with Crippen LogP contribution in [0.2, 0.25) is 0 Å². The van der Waals surface area contributed by atoms with Crippen molar-refractivity contribution in [1.82, 2.24) is 9.97 Å². The average Bonchev–Trinajstić information content (AvgIpc) is 2.78. The van der Waals surface area contributed by atoms with Gasteiger partial charge in [0.25, 0.3) is 0 Å². The summed E-state index contributed by atoms with van der Waals surface area (Å²) in [5.41, 5.74) is 1.50. The summed E-state index contributed by atoms with van der Waals surface area (Å²) < 4.78 is 1.06. The molecule has 2 rings (SSSR count). The smallest absolute Gasteiger partial charge is 0.147 e. The van der Waals surface area contributed by atoms with E-state index in [4.69, 9.17) is 0 Å². The first kappa shape index (κ1) is 13.2. The Morgan fingerprint density at radius 2 is 2.06 bits per heavy atom. The van der Waals surface area contributed by atoms with Crippen molar-refractivity contribution in [1.29, 1.82) is 0 Å². The molecule has 0 aromatic carbocycles. The number of aryl methyl sites for hydroxylation is 1. The quantitative estimate of drug-likeness (QED) is 0.872. The molecule has 0 atom stereocenters. The lowest BCUT2D eigenvalue weighted by atomic mass is 9.98. The first-order chi connectivity index (χ1) is 8.59. The van der Waals surface area contributed by atoms with E-state index in [-0.39, 0.29) is 0 Å². The van der Waals surface area contributed by atoms with Gasteiger partial charge in [-0.1, -0.05) is 13.8 Å². The summed E-state index contributed by atoms with van der Waals surface area (Å²) >= 11 is 1.64. The summed E-state index contributed by atoms with van der Waals surface area (Å²) in [6, 6.07) is 0. The fourth-order valence-corrected chi connectivity index (χ4v) is 2.81. The van der Waals surface area contributed by atoms with Crippen molar-refractivity contribution in [2.45, 2.75) is 39.2 Å². The van der Waals surface area contributed by atoms with Crippen molar-refractivity contribution in [2.24, 2.45) is 0 Å². The summed E-state index contributed by atoms with van der Waals surface area (Å²) in [6.07, 6.45) is 3.03. The highest BCUT2D eigenvalue weighted by Gasteiger charge is 2.22. The molecule has 2 heterocycles. The molecule has 5 heteroatoms. The fraction of sp³-hybridized carbons (Fsp3) is 0.538. The van der Waals surface area contributed by atoms with Gasteiger partial charge in [0.1, 0.15) is 12.1 Å². The number of aromatic nitrogens is 2. The minimum atomic E-state index is -0.663. The van der Waals surface area contributed by atoms with Crippen LogP contribution in [0.4, 0.5) is 5.82 Å². The van der Waals surface area contributed by atoms with Crippen molar-refractivity contribution in [3.05, 3.63) is 17.3 Å². The largest absolute Gasteiger partial charge is 0.388 e. The van der Waals surface area contributed by atoms with Gasteiger partial charge in [-0.25, -0.2) is 9.97 Å². The van der Waals surface area contributed by atoms with Gasteiger partial charge in [0.2, 0.25) is 0 Å². The van der Waals surface area contributed by atoms with Gasteiger partial charge in [-0.2, -0.15) is 0 Å². The predicted molar refractivity (Wildman–Crippen MR) is 76.2 cm³/mol. The van der Waals surface area contributed by atoms with Crippen LogP contribution in [0.15, 0.2) is 11.7 Å². The standard InChI is InChI=1S/C13H19N3OS/c1-4-13(17,5-2)7-14-12-11-10(15-8-16-12)9(3)6-18-11/h6,8,17H,4-5,7H2,1-3H3,(H,14,15,16). The number of aliphatic hydroxyl groups is 1. The van der Waals surface area contributed by atoms with E-state index in [2.05, 4.69) is 20.7 Å². The molecule has 0 aliphatic heterocycles. The maximum Gasteiger partial charge on any atom is 0.147 e. The molecule has 0 fully saturated rings. The Kier molecular flexibility index (Phi) is 3.82. The second-order valence-electron chi connectivity index (χ2n) is 4.60. The molecule has 0 spiro atoms. The van der Waals surface area contributed by atoms with Gasteiger partial charge < -0.3 is 10.4 Å². The van der Waals surface area contributed by atoms with Crippen LogP contribution < -0.4 is 5.32 Å². The number of rotatable bonds is 5. The van der Waals surface area contributed by atoms with Gasteiger partial charge >= 0.3 is 0 Å². The van der Waals surface area contributed by atoms with Crippen molar-refractivity contribution < 1.29 is 5.11 Å². The van der Waals surface area contributed by atoms with Gasteiger partial charge in [0.05, 0.1) is 15.8 Å². The van der Waals surface area contributed by atoms with Crippen molar-refractivity contribution >= 4 is 27.4 Å². The van der Waals surface area contributed by atoms with Gasteiger partial charge in [0, 0.05) is 6.54 Å². The molecule has 0 aliphatic rings. The highest BCUT2D eigenvalue weighted by Crippen LogP contribution is 2.29. The highest BCUT2D eigenvalue weighted by molar-refractivity contribution is 7.18. The monoisotopic (exact) mass is 265 g/mol. The third-order valence-electron chi connectivity index (χ3n) is 3.43. The van der Waals surface area contributed by atoms with Crippen molar-refractivity contribution in [2.75, 3.05) is 11.9 Å². The van der Waals surface area contributed by atoms with Gasteiger partial charge in [-0.05, 0) is 30.7 Å². The maximum atomic E-state index is 10.3. The predicted octanol–water partition coefficient (Wildman–Crippen LogP) is 2.96. The van der Waals surface area contributed by atoms with E-state index in [1.807, 2.05) is 20.8 Å². The van der Waals surface area contributed by atoms with Crippen LogP contribution in [0, 0.1) is 6.92 Å². The van der Waals surface area contributed by atoms with Crippen LogP contribution in [-0.2, 0) is 0 Å². The Balaban J connectivity index is 2.22. The minimum Gasteiger partial charge on any atom is -0.388 e. The molecule has 0 saturated carbocycles. The van der Waals surface area contributed by atoms with E-state index in [0.29, 0.717) is 6.54 Å². The normalized spacial score (nSPS) is 12.0. The van der Waals surface area contributed by atoms with Crippen LogP contribution in [0.25, 0.3) is 10.2 Å². The Bertz CT molecular complexity index is 534. The van der Waals surface area contributed by atoms with Crippen LogP contribution in [0.5, 0.6) is 0 Å². The van der Waals surface area contributed by atoms with Gasteiger partial charge in [-0.3, -0.25) is 0 Å². The molecule has 0 aliphatic carbocycles. The number of hydrogen-bond acceptors (Lipinski definition) is 5. The number of hydrogen-bond donors (Lipinski definition) is 2. The minimum absolute atomic E-state index is 0.517. The Morgan fingerprint density at radius 1 is 1.33 bits per heavy atom. The lowest BCUT2D eigenvalue weighted by Gasteiger charge is -2.25. The van der Waals surface area contributed by atoms with E-state index in [1.54, 1.807) is 17.7 Å². The SMILES string of the molecule is CCC(O)(CC)CNc1ncnc2c(C)csc12. The van der Waals surface area contributed by atoms with Gasteiger partial charge in [0.15, 0.2) is 0 Å². The van der Waals surface area contributed by atoms with Crippen LogP contribution in [0.3, 0.4) is 0 Å². The second kappa shape index (κ2) is 5.20. The number of nitrogens with one attached hydrogen (secondary N) is 1. The van der Waals surface area contributed by atoms with E-state index in [0.717, 1.165) is 28.9 Å². The van der Waals surface area contributed by atoms with Crippen molar-refractivity contribution in [3.8, 4) is 0 Å². The van der Waals surface area contributed by atoms with Crippen LogP contribution in [-0.4, -0.2) is 27.2 Å². The molecule has 98 valence electrons. The average molecular weight is 265 g/mol. The molecule has 0 amide bonds. The Morgan fingerprint density at radius 3 is 2.72 bits per heavy atom. The molecule has 0 saturated heterocycles. The summed E-state index contributed by atoms with van der Waals surface area (Å²) in [5, 5.41) is 15.6. The summed E-state index contributed by atoms with van der Waals surface area (Å²) in [7, 11) is 0. The number of anilines is 1. The zero-order valence-corrected chi connectivity index (χ0v) is 11.8. The van der Waals surface area contributed by atoms with Crippen LogP contribution in [0.1, 0.15) is 32.3 Å². The second-order valence-corrected chi connectivity index (χ2v) is 5.48. The molecule has 2 aromatic rings. The van der Waals surface area contributed by atoms with Crippen LogP contribution >= 0.6 is 11.3 Å². The van der Waals surface area contributed by atoms with Gasteiger partial charge in [-0.15, -0.1) is 11.3 Å². The molecule has 2 N–H and O–H groups in total. The summed E-state index contributed by atoms with van der Waals surface area (Å²) in [6.45, 7) is 6.55. The topological polar surface area (TPSA) is 58.0 Å². The zero-order valence-electron chi connectivity index (χ0n) is 11.0. The first-order valence-electron chi connectivity index (χ1n) is 6.24. The highest BCUT2D eigenvalue weighted by atomic mass is 32.1. The summed E-state index contributed by atoms with van der Waals surface area (Å²) in [4.78, 5) is 8.55. The molecule has 0 radical (unpaired) electrons. The Hall–Kier alpha value is -1.20. The molecule has 0 unspecified atom stereocenters. The fourth-order valence-electron chi connectivity index (χ4n) is 1.84. The molecule has 4 nitrogen and oxygen atoms in total. The number of fused-ring (bicyclic) bond motifs is 1. The zero-order chi connectivity index (χ0) is 13.2. The van der Waals surface area contributed by atoms with E-state index < -0.39 is 5.60 Å². The molecule has 18 heavy (non-hydrogen) atoms. The molecular weight excluding hydrogens is 246 g/mol. The van der Waals surface area contributed by atoms with Crippen molar-refractivity contribution in [3.63, 3.8) is 0 Å².